The summed E-state index contributed by atoms with van der Waals surface area (Å²) >= 11 is 18.2. The number of carbonyl (C=O) groups excluding carboxylic acids is 2. The summed E-state index contributed by atoms with van der Waals surface area (Å²) in [6.07, 6.45) is 1.71. The summed E-state index contributed by atoms with van der Waals surface area (Å²) in [6.45, 7) is 0.467. The number of nitrogens with zero attached hydrogens (tertiary/aromatic N) is 1. The van der Waals surface area contributed by atoms with E-state index in [9.17, 15) is 9.59 Å². The first-order valence-corrected chi connectivity index (χ1v) is 11.9. The zero-order valence-corrected chi connectivity index (χ0v) is 20.6. The Kier molecular flexibility index (Phi) is 7.74. The van der Waals surface area contributed by atoms with E-state index in [4.69, 9.17) is 40.2 Å². The van der Waals surface area contributed by atoms with Gasteiger partial charge in [0.2, 0.25) is 0 Å². The number of thioether (sulfide) groups is 1. The number of hydrazine groups is 1. The van der Waals surface area contributed by atoms with Crippen molar-refractivity contribution in [1.29, 1.82) is 0 Å². The fourth-order valence-corrected chi connectivity index (χ4v) is 4.43. The Morgan fingerprint density at radius 1 is 1.03 bits per heavy atom. The molecular weight excluding hydrogens is 513 g/mol. The maximum atomic E-state index is 12.8. The number of thiocarbonyl (C=S) groups is 1. The van der Waals surface area contributed by atoms with Gasteiger partial charge in [-0.2, -0.15) is 5.01 Å². The number of rotatable bonds is 6. The van der Waals surface area contributed by atoms with Gasteiger partial charge in [0.1, 0.15) is 12.4 Å². The van der Waals surface area contributed by atoms with E-state index in [1.165, 1.54) is 6.07 Å². The molecule has 3 aromatic rings. The number of ether oxygens (including phenoxy) is 1. The average Bonchev–Trinajstić information content (AvgIpc) is 3.09. The molecule has 0 saturated carbocycles. The number of benzene rings is 3. The van der Waals surface area contributed by atoms with Gasteiger partial charge >= 0.3 is 6.03 Å². The Bertz CT molecular complexity index is 1270. The molecule has 3 amide bonds. The first kappa shape index (κ1) is 24.1. The van der Waals surface area contributed by atoms with Gasteiger partial charge in [0.05, 0.1) is 15.0 Å². The molecule has 0 unspecified atom stereocenters. The quantitative estimate of drug-likeness (QED) is 0.281. The molecule has 1 aliphatic rings. The topological polar surface area (TPSA) is 70.7 Å². The lowest BCUT2D eigenvalue weighted by atomic mass is 10.2. The summed E-state index contributed by atoms with van der Waals surface area (Å²) in [5.74, 6) is 0.290. The third kappa shape index (κ3) is 6.09. The Hall–Kier alpha value is -3.04. The Labute approximate surface area is 215 Å². The minimum atomic E-state index is -0.643. The highest BCUT2D eigenvalue weighted by Gasteiger charge is 2.33. The lowest BCUT2D eigenvalue weighted by Gasteiger charge is -2.16. The van der Waals surface area contributed by atoms with Gasteiger partial charge in [0.15, 0.2) is 4.32 Å². The third-order valence-electron chi connectivity index (χ3n) is 4.61. The number of urea groups is 1. The maximum absolute atomic E-state index is 12.8. The first-order valence-electron chi connectivity index (χ1n) is 9.96. The van der Waals surface area contributed by atoms with Crippen molar-refractivity contribution in [3.63, 3.8) is 0 Å². The van der Waals surface area contributed by atoms with Crippen LogP contribution in [0.1, 0.15) is 11.1 Å². The summed E-state index contributed by atoms with van der Waals surface area (Å²) in [7, 11) is 0. The van der Waals surface area contributed by atoms with Crippen LogP contribution in [0, 0.1) is 0 Å². The number of anilines is 1. The van der Waals surface area contributed by atoms with Crippen molar-refractivity contribution in [2.24, 2.45) is 0 Å². The minimum absolute atomic E-state index is 0.211. The van der Waals surface area contributed by atoms with Gasteiger partial charge in [0, 0.05) is 5.69 Å². The second-order valence-corrected chi connectivity index (χ2v) is 9.55. The number of amides is 3. The molecular formula is C24H17Cl2N3O3S2. The van der Waals surface area contributed by atoms with Crippen molar-refractivity contribution in [2.75, 3.05) is 5.32 Å². The second-order valence-electron chi connectivity index (χ2n) is 7.06. The van der Waals surface area contributed by atoms with E-state index < -0.39 is 11.9 Å². The van der Waals surface area contributed by atoms with Crippen molar-refractivity contribution >= 4 is 75.2 Å². The number of hydrogen-bond acceptors (Lipinski definition) is 5. The van der Waals surface area contributed by atoms with Crippen molar-refractivity contribution < 1.29 is 14.3 Å². The highest BCUT2D eigenvalue weighted by Crippen LogP contribution is 2.32. The van der Waals surface area contributed by atoms with Crippen molar-refractivity contribution in [2.45, 2.75) is 6.61 Å². The SMILES string of the molecule is O=C(Nc1ccc(Cl)c(Cl)c1)NN1C(=O)/C(=C\c2ccc(OCc3ccccc3)cc2)SC1=S. The van der Waals surface area contributed by atoms with Crippen molar-refractivity contribution in [1.82, 2.24) is 10.4 Å². The van der Waals surface area contributed by atoms with Gasteiger partial charge in [0.25, 0.3) is 5.91 Å². The van der Waals surface area contributed by atoms with Gasteiger partial charge in [-0.1, -0.05) is 77.4 Å². The number of hydrogen-bond donors (Lipinski definition) is 2. The molecule has 0 bridgehead atoms. The van der Waals surface area contributed by atoms with Gasteiger partial charge < -0.3 is 10.1 Å². The molecule has 1 heterocycles. The first-order chi connectivity index (χ1) is 16.4. The normalized spacial score (nSPS) is 14.4. The van der Waals surface area contributed by atoms with Crippen LogP contribution in [0.4, 0.5) is 10.5 Å². The van der Waals surface area contributed by atoms with Gasteiger partial charge in [-0.05, 0) is 59.8 Å². The Morgan fingerprint density at radius 3 is 2.47 bits per heavy atom. The predicted molar refractivity (Wildman–Crippen MR) is 141 cm³/mol. The van der Waals surface area contributed by atoms with Gasteiger partial charge in [-0.15, -0.1) is 0 Å². The molecule has 0 atom stereocenters. The van der Waals surface area contributed by atoms with E-state index in [2.05, 4.69) is 10.7 Å². The molecule has 4 rings (SSSR count). The number of nitrogens with one attached hydrogen (secondary N) is 2. The highest BCUT2D eigenvalue weighted by molar-refractivity contribution is 8.26. The second kappa shape index (κ2) is 10.9. The minimum Gasteiger partial charge on any atom is -0.489 e. The average molecular weight is 530 g/mol. The van der Waals surface area contributed by atoms with E-state index in [1.807, 2.05) is 54.6 Å². The van der Waals surface area contributed by atoms with Crippen LogP contribution < -0.4 is 15.5 Å². The molecule has 0 spiro atoms. The largest absolute Gasteiger partial charge is 0.489 e. The molecule has 3 aromatic carbocycles. The van der Waals surface area contributed by atoms with Crippen LogP contribution >= 0.6 is 47.2 Å². The molecule has 0 radical (unpaired) electrons. The van der Waals surface area contributed by atoms with Crippen LogP contribution in [0.2, 0.25) is 10.0 Å². The number of halogens is 2. The van der Waals surface area contributed by atoms with Gasteiger partial charge in [-0.3, -0.25) is 4.79 Å². The Morgan fingerprint density at radius 2 is 1.76 bits per heavy atom. The molecule has 6 nitrogen and oxygen atoms in total. The highest BCUT2D eigenvalue weighted by atomic mass is 35.5. The summed E-state index contributed by atoms with van der Waals surface area (Å²) in [6, 6.07) is 21.2. The fraction of sp³-hybridized carbons (Fsp3) is 0.0417. The zero-order valence-electron chi connectivity index (χ0n) is 17.5. The molecule has 34 heavy (non-hydrogen) atoms. The van der Waals surface area contributed by atoms with Crippen molar-refractivity contribution in [3.05, 3.63) is 98.9 Å². The van der Waals surface area contributed by atoms with Crippen LogP contribution in [0.5, 0.6) is 5.75 Å². The third-order valence-corrected chi connectivity index (χ3v) is 6.65. The lowest BCUT2D eigenvalue weighted by molar-refractivity contribution is -0.123. The van der Waals surface area contributed by atoms with Crippen LogP contribution in [-0.2, 0) is 11.4 Å². The maximum Gasteiger partial charge on any atom is 0.338 e. The standard InChI is InChI=1S/C24H17Cl2N3O3S2/c25-19-11-8-17(13-20(19)26)27-23(31)28-29-22(30)21(34-24(29)33)12-15-6-9-18(10-7-15)32-14-16-4-2-1-3-5-16/h1-13H,14H2,(H2,27,28,31)/b21-12+. The molecule has 1 aliphatic heterocycles. The zero-order chi connectivity index (χ0) is 24.1. The van der Waals surface area contributed by atoms with Crippen LogP contribution in [0.3, 0.4) is 0 Å². The smallest absolute Gasteiger partial charge is 0.338 e. The molecule has 1 fully saturated rings. The van der Waals surface area contributed by atoms with E-state index in [0.29, 0.717) is 33.0 Å². The predicted octanol–water partition coefficient (Wildman–Crippen LogP) is 6.51. The van der Waals surface area contributed by atoms with Crippen LogP contribution in [0.25, 0.3) is 6.08 Å². The summed E-state index contributed by atoms with van der Waals surface area (Å²) in [5.41, 5.74) is 4.75. The monoisotopic (exact) mass is 529 g/mol. The van der Waals surface area contributed by atoms with E-state index in [-0.39, 0.29) is 4.32 Å². The molecule has 0 aromatic heterocycles. The Balaban J connectivity index is 1.36. The molecule has 2 N–H and O–H groups in total. The van der Waals surface area contributed by atoms with Crippen molar-refractivity contribution in [3.8, 4) is 5.75 Å². The summed E-state index contributed by atoms with van der Waals surface area (Å²) in [5, 5.41) is 4.27. The molecule has 0 aliphatic carbocycles. The lowest BCUT2D eigenvalue weighted by Crippen LogP contribution is -2.46. The molecule has 172 valence electrons. The van der Waals surface area contributed by atoms with Crippen LogP contribution in [-0.4, -0.2) is 21.3 Å². The molecule has 10 heteroatoms. The van der Waals surface area contributed by atoms with E-state index in [0.717, 1.165) is 27.9 Å². The molecule has 1 saturated heterocycles. The fourth-order valence-electron chi connectivity index (χ4n) is 2.95. The van der Waals surface area contributed by atoms with Gasteiger partial charge in [-0.25, -0.2) is 10.2 Å². The van der Waals surface area contributed by atoms with Crippen LogP contribution in [0.15, 0.2) is 77.7 Å². The summed E-state index contributed by atoms with van der Waals surface area (Å²) in [4.78, 5) is 25.5. The van der Waals surface area contributed by atoms with E-state index in [1.54, 1.807) is 18.2 Å². The summed E-state index contributed by atoms with van der Waals surface area (Å²) < 4.78 is 6.00. The number of carbonyl (C=O) groups is 2. The van der Waals surface area contributed by atoms with E-state index >= 15 is 0 Å².